The molecule has 0 spiro atoms. The molecule has 44 heavy (non-hydrogen) atoms. The Morgan fingerprint density at radius 2 is 1.86 bits per heavy atom. The Balaban J connectivity index is 1.44. The van der Waals surface area contributed by atoms with E-state index in [4.69, 9.17) is 14.2 Å². The molecule has 4 rings (SSSR count). The summed E-state index contributed by atoms with van der Waals surface area (Å²) in [4.78, 5) is 49.6. The van der Waals surface area contributed by atoms with Crippen LogP contribution in [0.2, 0.25) is 0 Å². The maximum Gasteiger partial charge on any atom is 0.408 e. The lowest BCUT2D eigenvalue weighted by Gasteiger charge is -2.60. The molecule has 0 unspecified atom stereocenters. The fourth-order valence-electron chi connectivity index (χ4n) is 8.80. The van der Waals surface area contributed by atoms with Gasteiger partial charge in [0.05, 0.1) is 0 Å². The summed E-state index contributed by atoms with van der Waals surface area (Å²) in [6.45, 7) is 11.7. The van der Waals surface area contributed by atoms with Gasteiger partial charge >= 0.3 is 18.0 Å². The number of rotatable bonds is 10. The van der Waals surface area contributed by atoms with Crippen LogP contribution in [0.3, 0.4) is 0 Å². The Morgan fingerprint density at radius 3 is 2.55 bits per heavy atom. The number of carbonyl (C=O) groups is 4. The van der Waals surface area contributed by atoms with Crippen LogP contribution in [-0.4, -0.2) is 60.2 Å². The standard InChI is InChI=1S/C35H53NO7S/c1-22(37)42-29-12-11-26-30-23(20-24-21-25(38)13-16-34(24,5)27(30)14-17-35(26,29)6)10-8-9-18-41-31(39)28(15-19-44-7)36-32(40)43-33(2,3)4/h8-9,21,23,26-30H,10-20H2,1-7H3,(H,36,40)/b9-8+/t23-,26+,27+,28+,29+,30+,34+,35+/m1/s1. The van der Waals surface area contributed by atoms with Gasteiger partial charge in [0.25, 0.3) is 0 Å². The number of esters is 2. The highest BCUT2D eigenvalue weighted by molar-refractivity contribution is 7.98. The van der Waals surface area contributed by atoms with Crippen LogP contribution in [0.5, 0.6) is 0 Å². The van der Waals surface area contributed by atoms with E-state index in [0.29, 0.717) is 42.3 Å². The Hall–Kier alpha value is -2.29. The van der Waals surface area contributed by atoms with E-state index in [1.807, 2.05) is 18.4 Å². The topological polar surface area (TPSA) is 108 Å². The van der Waals surface area contributed by atoms with Crippen LogP contribution in [0.4, 0.5) is 4.79 Å². The molecule has 3 saturated carbocycles. The molecule has 0 radical (unpaired) electrons. The van der Waals surface area contributed by atoms with Gasteiger partial charge in [0.1, 0.15) is 24.4 Å². The van der Waals surface area contributed by atoms with E-state index in [-0.39, 0.29) is 35.3 Å². The number of ketones is 1. The highest BCUT2D eigenvalue weighted by Gasteiger charge is 2.61. The number of hydrogen-bond donors (Lipinski definition) is 1. The van der Waals surface area contributed by atoms with Gasteiger partial charge in [0.15, 0.2) is 5.78 Å². The fourth-order valence-corrected chi connectivity index (χ4v) is 9.27. The maximum atomic E-state index is 12.9. The van der Waals surface area contributed by atoms with Gasteiger partial charge in [0, 0.05) is 18.8 Å². The van der Waals surface area contributed by atoms with E-state index in [1.165, 1.54) is 12.5 Å². The van der Waals surface area contributed by atoms with E-state index in [9.17, 15) is 19.2 Å². The van der Waals surface area contributed by atoms with E-state index in [1.54, 1.807) is 32.5 Å². The van der Waals surface area contributed by atoms with Crippen LogP contribution in [0.25, 0.3) is 0 Å². The first-order valence-electron chi connectivity index (χ1n) is 16.4. The van der Waals surface area contributed by atoms with Gasteiger partial charge < -0.3 is 19.5 Å². The normalized spacial score (nSPS) is 33.8. The summed E-state index contributed by atoms with van der Waals surface area (Å²) < 4.78 is 16.8. The van der Waals surface area contributed by atoms with Crippen LogP contribution in [0.1, 0.15) is 99.3 Å². The number of carbonyl (C=O) groups excluding carboxylic acids is 4. The largest absolute Gasteiger partial charge is 0.462 e. The Labute approximate surface area is 267 Å². The second-order valence-corrected chi connectivity index (χ2v) is 15.8. The van der Waals surface area contributed by atoms with Crippen LogP contribution in [0.15, 0.2) is 23.8 Å². The van der Waals surface area contributed by atoms with Gasteiger partial charge in [-0.3, -0.25) is 9.59 Å². The van der Waals surface area contributed by atoms with Crippen molar-refractivity contribution in [2.75, 3.05) is 18.6 Å². The predicted octanol–water partition coefficient (Wildman–Crippen LogP) is 6.81. The number of ether oxygens (including phenoxy) is 3. The van der Waals surface area contributed by atoms with Crippen molar-refractivity contribution in [3.05, 3.63) is 23.8 Å². The molecule has 0 aromatic heterocycles. The zero-order valence-corrected chi connectivity index (χ0v) is 28.6. The molecule has 0 aromatic carbocycles. The first-order chi connectivity index (χ1) is 20.7. The molecule has 3 fully saturated rings. The van der Waals surface area contributed by atoms with Crippen LogP contribution in [-0.2, 0) is 28.6 Å². The van der Waals surface area contributed by atoms with Gasteiger partial charge in [-0.1, -0.05) is 31.6 Å². The second kappa shape index (κ2) is 14.0. The van der Waals surface area contributed by atoms with Crippen molar-refractivity contribution in [1.82, 2.24) is 5.32 Å². The Morgan fingerprint density at radius 1 is 1.11 bits per heavy atom. The summed E-state index contributed by atoms with van der Waals surface area (Å²) in [5.74, 6) is 2.07. The lowest BCUT2D eigenvalue weighted by molar-refractivity contribution is -0.158. The molecule has 0 aliphatic heterocycles. The summed E-state index contributed by atoms with van der Waals surface area (Å²) >= 11 is 1.60. The van der Waals surface area contributed by atoms with E-state index in [2.05, 4.69) is 25.2 Å². The molecular weight excluding hydrogens is 578 g/mol. The minimum absolute atomic E-state index is 0.0285. The first kappa shape index (κ1) is 34.6. The van der Waals surface area contributed by atoms with Crippen molar-refractivity contribution < 1.29 is 33.4 Å². The lowest BCUT2D eigenvalue weighted by atomic mass is 9.44. The van der Waals surface area contributed by atoms with Crippen molar-refractivity contribution in [2.24, 2.45) is 34.5 Å². The number of nitrogens with one attached hydrogen (secondary N) is 1. The fraction of sp³-hybridized carbons (Fsp3) is 0.771. The highest BCUT2D eigenvalue weighted by atomic mass is 32.2. The maximum absolute atomic E-state index is 12.9. The second-order valence-electron chi connectivity index (χ2n) is 14.8. The molecule has 0 heterocycles. The van der Waals surface area contributed by atoms with Crippen molar-refractivity contribution in [2.45, 2.75) is 117 Å². The molecule has 0 bridgehead atoms. The minimum Gasteiger partial charge on any atom is -0.462 e. The zero-order valence-electron chi connectivity index (χ0n) is 27.7. The molecule has 0 saturated heterocycles. The summed E-state index contributed by atoms with van der Waals surface area (Å²) in [5.41, 5.74) is 0.664. The third-order valence-corrected chi connectivity index (χ3v) is 11.5. The van der Waals surface area contributed by atoms with Gasteiger partial charge in [-0.2, -0.15) is 11.8 Å². The van der Waals surface area contributed by atoms with Crippen LogP contribution >= 0.6 is 11.8 Å². The molecule has 1 amide bonds. The monoisotopic (exact) mass is 631 g/mol. The van der Waals surface area contributed by atoms with Crippen molar-refractivity contribution in [3.8, 4) is 0 Å². The SMILES string of the molecule is CSCC[C@H](NC(=O)OC(C)(C)C)C(=O)OC/C=C/C[C@@H]1CC2=CC(=O)CC[C@]2(C)[C@H]2CC[C@]3(C)[C@@H](OC(C)=O)CC[C@H]3[C@H]12. The molecule has 8 atom stereocenters. The van der Waals surface area contributed by atoms with Gasteiger partial charge in [-0.15, -0.1) is 0 Å². The summed E-state index contributed by atoms with van der Waals surface area (Å²) in [6, 6.07) is -0.772. The lowest BCUT2D eigenvalue weighted by Crippen LogP contribution is -2.54. The van der Waals surface area contributed by atoms with Crippen molar-refractivity contribution in [3.63, 3.8) is 0 Å². The molecule has 4 aliphatic carbocycles. The molecule has 9 heteroatoms. The predicted molar refractivity (Wildman–Crippen MR) is 172 cm³/mol. The summed E-state index contributed by atoms with van der Waals surface area (Å²) in [6.07, 6.45) is 15.1. The Kier molecular flexibility index (Phi) is 11.0. The third-order valence-electron chi connectivity index (χ3n) is 10.9. The average Bonchev–Trinajstić information content (AvgIpc) is 3.25. The molecular formula is C35H53NO7S. The number of amides is 1. The van der Waals surface area contributed by atoms with E-state index < -0.39 is 23.7 Å². The number of alkyl carbamates (subject to hydrolysis) is 1. The van der Waals surface area contributed by atoms with Crippen LogP contribution in [0, 0.1) is 34.5 Å². The minimum atomic E-state index is -0.772. The average molecular weight is 632 g/mol. The quantitative estimate of drug-likeness (QED) is 0.159. The number of fused-ring (bicyclic) bond motifs is 5. The third kappa shape index (κ3) is 7.73. The van der Waals surface area contributed by atoms with Crippen molar-refractivity contribution in [1.29, 1.82) is 0 Å². The van der Waals surface area contributed by atoms with Gasteiger partial charge in [-0.25, -0.2) is 9.59 Å². The Bertz CT molecular complexity index is 1160. The summed E-state index contributed by atoms with van der Waals surface area (Å²) in [7, 11) is 0. The van der Waals surface area contributed by atoms with Gasteiger partial charge in [0.2, 0.25) is 0 Å². The molecule has 1 N–H and O–H groups in total. The van der Waals surface area contributed by atoms with Crippen LogP contribution < -0.4 is 5.32 Å². The molecule has 0 aromatic rings. The zero-order chi connectivity index (χ0) is 32.3. The number of thioether (sulfide) groups is 1. The van der Waals surface area contributed by atoms with E-state index in [0.717, 1.165) is 44.9 Å². The first-order valence-corrected chi connectivity index (χ1v) is 17.8. The van der Waals surface area contributed by atoms with Crippen molar-refractivity contribution >= 4 is 35.6 Å². The number of allylic oxidation sites excluding steroid dienone is 2. The number of hydrogen-bond acceptors (Lipinski definition) is 8. The molecule has 4 aliphatic rings. The summed E-state index contributed by atoms with van der Waals surface area (Å²) in [5, 5.41) is 2.67. The molecule has 246 valence electrons. The van der Waals surface area contributed by atoms with Gasteiger partial charge in [-0.05, 0) is 119 Å². The molecule has 8 nitrogen and oxygen atoms in total. The van der Waals surface area contributed by atoms with E-state index >= 15 is 0 Å². The smallest absolute Gasteiger partial charge is 0.408 e. The highest BCUT2D eigenvalue weighted by Crippen LogP contribution is 2.67.